The molecule has 4 aromatic heterocycles. The molecule has 0 aliphatic carbocycles. The van der Waals surface area contributed by atoms with Crippen LogP contribution in [-0.2, 0) is 0 Å². The number of aryl methyl sites for hydroxylation is 1. The van der Waals surface area contributed by atoms with E-state index in [4.69, 9.17) is 4.98 Å². The van der Waals surface area contributed by atoms with E-state index in [2.05, 4.69) is 154 Å². The number of fused-ring (bicyclic) bond motifs is 8. The zero-order valence-electron chi connectivity index (χ0n) is 23.6. The fourth-order valence-electron chi connectivity index (χ4n) is 6.97. The molecule has 0 radical (unpaired) electrons. The van der Waals surface area contributed by atoms with Gasteiger partial charge in [-0.2, -0.15) is 0 Å². The second-order valence-electron chi connectivity index (χ2n) is 11.2. The van der Waals surface area contributed by atoms with Gasteiger partial charge < -0.3 is 0 Å². The van der Waals surface area contributed by atoms with Crippen molar-refractivity contribution >= 4 is 77.5 Å². The van der Waals surface area contributed by atoms with Gasteiger partial charge in [-0.1, -0.05) is 0 Å². The fourth-order valence-corrected chi connectivity index (χ4v) is 8.46. The molecule has 0 spiro atoms. The van der Waals surface area contributed by atoms with E-state index in [-0.39, 0.29) is 0 Å². The first-order valence-corrected chi connectivity index (χ1v) is 16.8. The first-order valence-electron chi connectivity index (χ1n) is 14.5. The maximum atomic E-state index is 4.85. The number of hydrogen-bond acceptors (Lipinski definition) is 1. The summed E-state index contributed by atoms with van der Waals surface area (Å²) < 4.78 is 8.55. The summed E-state index contributed by atoms with van der Waals surface area (Å²) in [6.07, 6.45) is 0. The maximum absolute atomic E-state index is 4.85. The topological polar surface area (TPSA) is 27.2 Å². The van der Waals surface area contributed by atoms with Crippen molar-refractivity contribution in [2.24, 2.45) is 0 Å². The molecule has 0 bridgehead atoms. The minimum absolute atomic E-state index is 0.638. The number of aromatic nitrogens is 4. The van der Waals surface area contributed by atoms with Crippen LogP contribution < -0.4 is 3.40 Å². The first kappa shape index (κ1) is 24.8. The molecule has 0 aliphatic rings. The van der Waals surface area contributed by atoms with Crippen LogP contribution in [-0.4, -0.2) is 43.2 Å². The van der Waals surface area contributed by atoms with Crippen LogP contribution in [0.25, 0.3) is 71.9 Å². The van der Waals surface area contributed by atoms with Crippen molar-refractivity contribution < 1.29 is 0 Å². The number of benzene rings is 5. The standard InChI is InChI=1S/C38H25N4.Bi.2H/c1-25-22-27(20-21-39-25)36-37-31(30-17-9-11-19-33(30)40(37)28-13-4-2-5-14-28)24-34-38(36)41(29-15-6-3-7-16-29)35-23-26-12-8-10-18-32(26)42(34)35;;;/h2-20,22-24H,1H3;;;. The molecule has 0 aliphatic heterocycles. The van der Waals surface area contributed by atoms with Gasteiger partial charge >= 0.3 is 265 Å². The second kappa shape index (κ2) is 9.39. The van der Waals surface area contributed by atoms with Crippen LogP contribution >= 0.6 is 0 Å². The predicted octanol–water partition coefficient (Wildman–Crippen LogP) is 7.76. The second-order valence-corrected chi connectivity index (χ2v) is 13.5. The molecule has 5 aromatic carbocycles. The van der Waals surface area contributed by atoms with Crippen molar-refractivity contribution in [3.63, 3.8) is 0 Å². The molecule has 0 unspecified atom stereocenters. The van der Waals surface area contributed by atoms with Crippen molar-refractivity contribution in [1.82, 2.24) is 18.5 Å². The molecule has 9 rings (SSSR count). The zero-order chi connectivity index (χ0) is 28.7. The van der Waals surface area contributed by atoms with Gasteiger partial charge in [-0.15, -0.1) is 0 Å². The van der Waals surface area contributed by atoms with Crippen LogP contribution in [0.3, 0.4) is 0 Å². The van der Waals surface area contributed by atoms with E-state index in [0.29, 0.717) is 24.7 Å². The molecule has 9 aromatic rings. The van der Waals surface area contributed by atoms with Gasteiger partial charge in [-0.3, -0.25) is 0 Å². The van der Waals surface area contributed by atoms with Gasteiger partial charge in [-0.05, 0) is 0 Å². The van der Waals surface area contributed by atoms with Crippen molar-refractivity contribution in [1.29, 1.82) is 0 Å². The first-order chi connectivity index (χ1) is 21.2. The summed E-state index contributed by atoms with van der Waals surface area (Å²) in [6.45, 7) is 2.12. The normalized spacial score (nSPS) is 12.0. The third-order valence-corrected chi connectivity index (χ3v) is 9.74. The Hall–Kier alpha value is -4.73. The average Bonchev–Trinajstić information content (AvgIpc) is 3.67. The number of imidazole rings is 1. The Kier molecular flexibility index (Phi) is 5.42. The molecule has 0 N–H and O–H groups in total. The molecule has 4 heterocycles. The van der Waals surface area contributed by atoms with Gasteiger partial charge in [0.05, 0.1) is 0 Å². The predicted molar refractivity (Wildman–Crippen MR) is 182 cm³/mol. The van der Waals surface area contributed by atoms with Crippen LogP contribution in [0.1, 0.15) is 5.69 Å². The quantitative estimate of drug-likeness (QED) is 0.170. The van der Waals surface area contributed by atoms with E-state index < -0.39 is 0 Å². The number of nitrogens with zero attached hydrogens (tertiary/aromatic N) is 4. The van der Waals surface area contributed by atoms with Gasteiger partial charge in [0.25, 0.3) is 0 Å². The van der Waals surface area contributed by atoms with Crippen LogP contribution in [0.5, 0.6) is 0 Å². The van der Waals surface area contributed by atoms with Crippen molar-refractivity contribution in [3.8, 4) is 22.5 Å². The van der Waals surface area contributed by atoms with Crippen molar-refractivity contribution in [2.45, 2.75) is 6.92 Å². The molecular formula is C38H27BiN4. The summed E-state index contributed by atoms with van der Waals surface area (Å²) in [5, 5.41) is 3.74. The number of pyridine rings is 1. The molecule has 5 heteroatoms. The summed E-state index contributed by atoms with van der Waals surface area (Å²) in [5.41, 5.74) is 13.0. The monoisotopic (exact) mass is 748 g/mol. The molecule has 0 amide bonds. The summed E-state index contributed by atoms with van der Waals surface area (Å²) in [7, 11) is 0. The summed E-state index contributed by atoms with van der Waals surface area (Å²) in [6, 6.07) is 48.4. The number of hydrogen-bond donors (Lipinski definition) is 0. The van der Waals surface area contributed by atoms with Crippen LogP contribution in [0.15, 0.2) is 133 Å². The minimum atomic E-state index is 0.638. The Morgan fingerprint density at radius 1 is 0.558 bits per heavy atom. The van der Waals surface area contributed by atoms with Crippen LogP contribution in [0, 0.1) is 6.92 Å². The van der Waals surface area contributed by atoms with Gasteiger partial charge in [0.2, 0.25) is 0 Å². The molecule has 204 valence electrons. The molecule has 0 atom stereocenters. The Morgan fingerprint density at radius 2 is 1.21 bits per heavy atom. The van der Waals surface area contributed by atoms with E-state index in [1.165, 1.54) is 58.3 Å². The number of rotatable bonds is 3. The van der Waals surface area contributed by atoms with Crippen LogP contribution in [0.4, 0.5) is 0 Å². The van der Waals surface area contributed by atoms with E-state index >= 15 is 0 Å². The third-order valence-electron chi connectivity index (χ3n) is 8.59. The SMILES string of the molecule is Cc1cc(-c2c3c(cc4c2n(-c2ccccc2)c2cc5ccccc5n42)c2ccccc2n3-c2ccccc2)c[c]([BiH2])n1. The van der Waals surface area contributed by atoms with E-state index in [1.807, 2.05) is 0 Å². The van der Waals surface area contributed by atoms with Crippen LogP contribution in [0.2, 0.25) is 0 Å². The van der Waals surface area contributed by atoms with E-state index in [9.17, 15) is 0 Å². The molecular weight excluding hydrogens is 721 g/mol. The summed E-state index contributed by atoms with van der Waals surface area (Å²) >= 11 is 0.638. The zero-order valence-corrected chi connectivity index (χ0v) is 28.1. The molecule has 0 fully saturated rings. The molecule has 0 saturated heterocycles. The van der Waals surface area contributed by atoms with E-state index in [1.54, 1.807) is 0 Å². The summed E-state index contributed by atoms with van der Waals surface area (Å²) in [4.78, 5) is 4.85. The third kappa shape index (κ3) is 3.61. The van der Waals surface area contributed by atoms with Gasteiger partial charge in [0.15, 0.2) is 0 Å². The molecule has 43 heavy (non-hydrogen) atoms. The Labute approximate surface area is 263 Å². The van der Waals surface area contributed by atoms with Gasteiger partial charge in [0.1, 0.15) is 0 Å². The average molecular weight is 749 g/mol. The fraction of sp³-hybridized carbons (Fsp3) is 0.0263. The van der Waals surface area contributed by atoms with Gasteiger partial charge in [-0.25, -0.2) is 0 Å². The Morgan fingerprint density at radius 3 is 1.95 bits per heavy atom. The van der Waals surface area contributed by atoms with Crippen molar-refractivity contribution in [3.05, 3.63) is 139 Å². The Bertz CT molecular complexity index is 2500. The number of para-hydroxylation sites is 4. The van der Waals surface area contributed by atoms with E-state index in [0.717, 1.165) is 22.7 Å². The molecule has 0 saturated carbocycles. The summed E-state index contributed by atoms with van der Waals surface area (Å²) in [5.74, 6) is 0. The van der Waals surface area contributed by atoms with Gasteiger partial charge in [0, 0.05) is 0 Å². The Balaban J connectivity index is 1.63. The van der Waals surface area contributed by atoms with Crippen molar-refractivity contribution in [2.75, 3.05) is 0 Å². The molecule has 4 nitrogen and oxygen atoms in total.